The summed E-state index contributed by atoms with van der Waals surface area (Å²) in [6, 6.07) is 2.07. The van der Waals surface area contributed by atoms with Gasteiger partial charge in [0.2, 0.25) is 5.91 Å². The molecule has 0 saturated heterocycles. The Morgan fingerprint density at radius 1 is 1.32 bits per heavy atom. The summed E-state index contributed by atoms with van der Waals surface area (Å²) in [7, 11) is 0. The Bertz CT molecular complexity index is 569. The predicted molar refractivity (Wildman–Crippen MR) is 90.0 cm³/mol. The Morgan fingerprint density at radius 3 is 2.50 bits per heavy atom. The van der Waals surface area contributed by atoms with E-state index in [2.05, 4.69) is 23.5 Å². The Hall–Kier alpha value is -1.16. The fourth-order valence-electron chi connectivity index (χ4n) is 5.57. The highest BCUT2D eigenvalue weighted by molar-refractivity contribution is 7.11. The van der Waals surface area contributed by atoms with Crippen LogP contribution in [0, 0.1) is 30.1 Å². The van der Waals surface area contributed by atoms with Gasteiger partial charge in [-0.1, -0.05) is 0 Å². The molecule has 4 bridgehead atoms. The van der Waals surface area contributed by atoms with E-state index < -0.39 is 0 Å². The molecule has 3 nitrogen and oxygen atoms in total. The van der Waals surface area contributed by atoms with Crippen molar-refractivity contribution in [2.24, 2.45) is 28.3 Å². The van der Waals surface area contributed by atoms with E-state index in [9.17, 15) is 4.79 Å². The van der Waals surface area contributed by atoms with Gasteiger partial charge >= 0.3 is 0 Å². The van der Waals surface area contributed by atoms with Crippen LogP contribution in [-0.4, -0.2) is 12.1 Å². The fourth-order valence-corrected chi connectivity index (χ4v) is 6.35. The Kier molecular flexibility index (Phi) is 3.60. The van der Waals surface area contributed by atoms with E-state index in [4.69, 9.17) is 0 Å². The smallest absolute Gasteiger partial charge is 0.240 e. The van der Waals surface area contributed by atoms with Gasteiger partial charge in [0.25, 0.3) is 0 Å². The number of aryl methyl sites for hydroxylation is 1. The quantitative estimate of drug-likeness (QED) is 0.659. The molecule has 4 aliphatic carbocycles. The number of hydrogen-bond acceptors (Lipinski definition) is 3. The van der Waals surface area contributed by atoms with Crippen molar-refractivity contribution in [3.05, 3.63) is 21.9 Å². The number of hydrazone groups is 1. The van der Waals surface area contributed by atoms with Gasteiger partial charge < -0.3 is 0 Å². The predicted octanol–water partition coefficient (Wildman–Crippen LogP) is 4.11. The van der Waals surface area contributed by atoms with Gasteiger partial charge in [-0.2, -0.15) is 5.10 Å². The maximum Gasteiger partial charge on any atom is 0.240 e. The molecule has 1 amide bonds. The SMILES string of the molecule is Cc1ccsc1C=NNC(=O)CC12CC3CC(CC(C3)C1)C2. The van der Waals surface area contributed by atoms with Crippen LogP contribution in [0.2, 0.25) is 0 Å². The highest BCUT2D eigenvalue weighted by Crippen LogP contribution is 2.61. The molecule has 0 unspecified atom stereocenters. The number of nitrogens with zero attached hydrogens (tertiary/aromatic N) is 1. The van der Waals surface area contributed by atoms with Crippen LogP contribution in [0.1, 0.15) is 55.4 Å². The van der Waals surface area contributed by atoms with Crippen LogP contribution < -0.4 is 5.43 Å². The van der Waals surface area contributed by atoms with Crippen LogP contribution in [0.15, 0.2) is 16.5 Å². The number of thiophene rings is 1. The minimum Gasteiger partial charge on any atom is -0.273 e. The second-order valence-corrected chi connectivity index (χ2v) is 8.80. The topological polar surface area (TPSA) is 41.5 Å². The van der Waals surface area contributed by atoms with E-state index in [1.54, 1.807) is 17.6 Å². The highest BCUT2D eigenvalue weighted by Gasteiger charge is 2.51. The summed E-state index contributed by atoms with van der Waals surface area (Å²) in [6.07, 6.45) is 10.6. The highest BCUT2D eigenvalue weighted by atomic mass is 32.1. The van der Waals surface area contributed by atoms with Crippen molar-refractivity contribution in [1.82, 2.24) is 5.43 Å². The van der Waals surface area contributed by atoms with Gasteiger partial charge in [-0.05, 0) is 85.6 Å². The van der Waals surface area contributed by atoms with E-state index in [0.29, 0.717) is 11.8 Å². The first-order valence-electron chi connectivity index (χ1n) is 8.48. The summed E-state index contributed by atoms with van der Waals surface area (Å²) in [5.41, 5.74) is 4.27. The molecular weight excluding hydrogens is 292 g/mol. The molecule has 22 heavy (non-hydrogen) atoms. The largest absolute Gasteiger partial charge is 0.273 e. The molecule has 0 aromatic carbocycles. The van der Waals surface area contributed by atoms with Gasteiger partial charge in [0.05, 0.1) is 6.21 Å². The third-order valence-electron chi connectivity index (χ3n) is 5.97. The molecule has 118 valence electrons. The third kappa shape index (κ3) is 2.73. The van der Waals surface area contributed by atoms with Crippen molar-refractivity contribution in [2.75, 3.05) is 0 Å². The maximum absolute atomic E-state index is 12.3. The van der Waals surface area contributed by atoms with Crippen molar-refractivity contribution >= 4 is 23.5 Å². The maximum atomic E-state index is 12.3. The number of nitrogens with one attached hydrogen (secondary N) is 1. The first kappa shape index (κ1) is 14.4. The Labute approximate surface area is 136 Å². The number of rotatable bonds is 4. The molecule has 5 rings (SSSR count). The normalized spacial score (nSPS) is 36.1. The number of carbonyl (C=O) groups excluding carboxylic acids is 1. The van der Waals surface area contributed by atoms with E-state index in [1.165, 1.54) is 44.1 Å². The molecule has 1 N–H and O–H groups in total. The summed E-state index contributed by atoms with van der Waals surface area (Å²) in [6.45, 7) is 2.06. The first-order valence-corrected chi connectivity index (χ1v) is 9.36. The minimum atomic E-state index is 0.104. The van der Waals surface area contributed by atoms with Gasteiger partial charge in [-0.3, -0.25) is 4.79 Å². The molecule has 4 aliphatic rings. The second-order valence-electron chi connectivity index (χ2n) is 7.86. The zero-order chi connectivity index (χ0) is 15.2. The van der Waals surface area contributed by atoms with Crippen LogP contribution >= 0.6 is 11.3 Å². The third-order valence-corrected chi connectivity index (χ3v) is 6.93. The molecule has 4 heteroatoms. The van der Waals surface area contributed by atoms with Crippen LogP contribution in [0.25, 0.3) is 0 Å². The van der Waals surface area contributed by atoms with E-state index >= 15 is 0 Å². The molecule has 1 aromatic rings. The van der Waals surface area contributed by atoms with Crippen LogP contribution in [0.4, 0.5) is 0 Å². The van der Waals surface area contributed by atoms with Gasteiger partial charge in [0, 0.05) is 11.3 Å². The summed E-state index contributed by atoms with van der Waals surface area (Å²) >= 11 is 1.66. The van der Waals surface area contributed by atoms with Crippen molar-refractivity contribution in [3.63, 3.8) is 0 Å². The second kappa shape index (κ2) is 5.48. The summed E-state index contributed by atoms with van der Waals surface area (Å²) < 4.78 is 0. The lowest BCUT2D eigenvalue weighted by molar-refractivity contribution is -0.129. The Balaban J connectivity index is 1.36. The van der Waals surface area contributed by atoms with E-state index in [-0.39, 0.29) is 5.91 Å². The van der Waals surface area contributed by atoms with Crippen LogP contribution in [0.5, 0.6) is 0 Å². The zero-order valence-electron chi connectivity index (χ0n) is 13.2. The van der Waals surface area contributed by atoms with Crippen molar-refractivity contribution < 1.29 is 4.79 Å². The molecule has 0 aliphatic heterocycles. The molecule has 0 atom stereocenters. The van der Waals surface area contributed by atoms with Gasteiger partial charge in [0.1, 0.15) is 0 Å². The average Bonchev–Trinajstić information content (AvgIpc) is 2.82. The van der Waals surface area contributed by atoms with Crippen LogP contribution in [0.3, 0.4) is 0 Å². The van der Waals surface area contributed by atoms with Crippen molar-refractivity contribution in [1.29, 1.82) is 0 Å². The molecule has 0 radical (unpaired) electrons. The first-order chi connectivity index (χ1) is 10.6. The average molecular weight is 316 g/mol. The molecule has 4 saturated carbocycles. The van der Waals surface area contributed by atoms with E-state index in [1.807, 2.05) is 5.38 Å². The fraction of sp³-hybridized carbons (Fsp3) is 0.667. The summed E-state index contributed by atoms with van der Waals surface area (Å²) in [5, 5.41) is 6.21. The van der Waals surface area contributed by atoms with Crippen LogP contribution in [-0.2, 0) is 4.79 Å². The number of hydrogen-bond donors (Lipinski definition) is 1. The molecule has 1 heterocycles. The number of carbonyl (C=O) groups is 1. The standard InChI is InChI=1S/C18H24N2OS/c1-12-2-3-22-16(12)11-19-20-17(21)10-18-7-13-4-14(8-18)6-15(5-13)9-18/h2-3,11,13-15H,4-10H2,1H3,(H,20,21). The van der Waals surface area contributed by atoms with Gasteiger partial charge in [0.15, 0.2) is 0 Å². The molecule has 1 aromatic heterocycles. The van der Waals surface area contributed by atoms with Crippen molar-refractivity contribution in [3.8, 4) is 0 Å². The molecule has 4 fully saturated rings. The molecule has 0 spiro atoms. The lowest BCUT2D eigenvalue weighted by atomic mass is 9.49. The van der Waals surface area contributed by atoms with Gasteiger partial charge in [-0.25, -0.2) is 5.43 Å². The zero-order valence-corrected chi connectivity index (χ0v) is 14.0. The monoisotopic (exact) mass is 316 g/mol. The lowest BCUT2D eigenvalue weighted by Crippen LogP contribution is -2.47. The lowest BCUT2D eigenvalue weighted by Gasteiger charge is -2.56. The Morgan fingerprint density at radius 2 is 1.95 bits per heavy atom. The molecular formula is C18H24N2OS. The van der Waals surface area contributed by atoms with E-state index in [0.717, 1.165) is 22.6 Å². The minimum absolute atomic E-state index is 0.104. The van der Waals surface area contributed by atoms with Gasteiger partial charge in [-0.15, -0.1) is 11.3 Å². The van der Waals surface area contributed by atoms with Crippen molar-refractivity contribution in [2.45, 2.75) is 51.9 Å². The summed E-state index contributed by atoms with van der Waals surface area (Å²) in [5.74, 6) is 2.80. The number of amides is 1. The summed E-state index contributed by atoms with van der Waals surface area (Å²) in [4.78, 5) is 13.4.